The molecule has 0 amide bonds. The lowest BCUT2D eigenvalue weighted by molar-refractivity contribution is -0.161. The molecule has 16 heteroatoms. The summed E-state index contributed by atoms with van der Waals surface area (Å²) >= 11 is 1.42. The van der Waals surface area contributed by atoms with E-state index in [0.717, 1.165) is 19.3 Å². The third-order valence-electron chi connectivity index (χ3n) is 8.14. The summed E-state index contributed by atoms with van der Waals surface area (Å²) in [4.78, 5) is 25.9. The molecule has 1 unspecified atom stereocenters. The summed E-state index contributed by atoms with van der Waals surface area (Å²) in [6, 6.07) is 13.6. The molecule has 0 aliphatic carbocycles. The number of carbonyl (C=O) groups excluding carboxylic acids is 1. The molecular formula is C39H50N6O8S2. The van der Waals surface area contributed by atoms with Crippen molar-refractivity contribution >= 4 is 38.8 Å². The van der Waals surface area contributed by atoms with E-state index in [4.69, 9.17) is 33.8 Å². The summed E-state index contributed by atoms with van der Waals surface area (Å²) in [5, 5.41) is 6.19. The predicted octanol–water partition coefficient (Wildman–Crippen LogP) is 6.80. The lowest BCUT2D eigenvalue weighted by Gasteiger charge is -2.20. The maximum Gasteiger partial charge on any atom is 0.332 e. The number of aromatic nitrogens is 6. The normalized spacial score (nSPS) is 12.7. The van der Waals surface area contributed by atoms with E-state index in [1.807, 2.05) is 18.5 Å². The SMILES string of the molecule is CCCCCCOCCOC(COCCOCC(=O)OC(C)(C)C)n1cc(-c2ccnc(SC)n2)c(-c2cnc3c(ccn3S(=O)(=O)c3ccccc3)c2)n1. The molecule has 296 valence electrons. The Hall–Kier alpha value is -4.19. The molecule has 1 atom stereocenters. The van der Waals surface area contributed by atoms with E-state index in [-0.39, 0.29) is 31.3 Å². The Balaban J connectivity index is 1.40. The molecule has 55 heavy (non-hydrogen) atoms. The molecule has 0 aliphatic heterocycles. The van der Waals surface area contributed by atoms with Crippen LogP contribution in [0, 0.1) is 0 Å². The minimum atomic E-state index is -3.87. The first-order valence-corrected chi connectivity index (χ1v) is 21.0. The first-order valence-electron chi connectivity index (χ1n) is 18.3. The van der Waals surface area contributed by atoms with E-state index >= 15 is 0 Å². The molecule has 0 fully saturated rings. The minimum Gasteiger partial charge on any atom is -0.458 e. The molecule has 0 aliphatic rings. The van der Waals surface area contributed by atoms with Gasteiger partial charge in [0.2, 0.25) is 0 Å². The highest BCUT2D eigenvalue weighted by Crippen LogP contribution is 2.33. The van der Waals surface area contributed by atoms with Crippen LogP contribution in [-0.4, -0.2) is 101 Å². The van der Waals surface area contributed by atoms with Gasteiger partial charge in [0.1, 0.15) is 17.9 Å². The highest BCUT2D eigenvalue weighted by molar-refractivity contribution is 7.98. The number of hydrogen-bond donors (Lipinski definition) is 0. The zero-order chi connectivity index (χ0) is 39.3. The average molecular weight is 795 g/mol. The van der Waals surface area contributed by atoms with Crippen LogP contribution >= 0.6 is 11.8 Å². The fraction of sp³-hybridized carbons (Fsp3) is 0.462. The first kappa shape index (κ1) is 42.0. The van der Waals surface area contributed by atoms with Gasteiger partial charge in [-0.05, 0) is 63.8 Å². The summed E-state index contributed by atoms with van der Waals surface area (Å²) in [6.07, 6.45) is 12.3. The van der Waals surface area contributed by atoms with Crippen LogP contribution in [0.15, 0.2) is 83.4 Å². The summed E-state index contributed by atoms with van der Waals surface area (Å²) in [5.41, 5.74) is 2.22. The van der Waals surface area contributed by atoms with Gasteiger partial charge in [0.15, 0.2) is 17.0 Å². The van der Waals surface area contributed by atoms with Crippen molar-refractivity contribution in [3.63, 3.8) is 0 Å². The Morgan fingerprint density at radius 2 is 1.71 bits per heavy atom. The average Bonchev–Trinajstić information content (AvgIpc) is 3.81. The lowest BCUT2D eigenvalue weighted by atomic mass is 10.1. The topological polar surface area (TPSA) is 159 Å². The molecule has 4 heterocycles. The standard InChI is InChI=1S/C39H50N6O8S2/c1-6-7-8-12-19-49-22-23-52-34(27-50-20-21-51-28-35(46)53-39(2,3)4)44-26-32(33-15-17-40-38(42-33)54-5)36(43-44)30-24-29-16-18-45(37(29)41-25-30)55(47,48)31-13-10-9-11-14-31/h9-11,13-18,24-26,34H,6-8,12,19-23,27-28H2,1-5H3. The van der Waals surface area contributed by atoms with Crippen molar-refractivity contribution in [3.8, 4) is 22.5 Å². The molecule has 0 radical (unpaired) electrons. The van der Waals surface area contributed by atoms with Gasteiger partial charge in [0, 0.05) is 47.9 Å². The van der Waals surface area contributed by atoms with E-state index in [1.165, 1.54) is 28.4 Å². The van der Waals surface area contributed by atoms with E-state index in [0.29, 0.717) is 58.5 Å². The van der Waals surface area contributed by atoms with Gasteiger partial charge in [-0.1, -0.05) is 56.1 Å². The van der Waals surface area contributed by atoms with Gasteiger partial charge in [-0.3, -0.25) is 0 Å². The fourth-order valence-electron chi connectivity index (χ4n) is 5.56. The number of rotatable bonds is 22. The molecule has 0 bridgehead atoms. The zero-order valence-corrected chi connectivity index (χ0v) is 33.7. The quantitative estimate of drug-likeness (QED) is 0.0312. The fourth-order valence-corrected chi connectivity index (χ4v) is 7.25. The smallest absolute Gasteiger partial charge is 0.332 e. The number of hydrogen-bond acceptors (Lipinski definition) is 13. The number of nitrogens with zero attached hydrogens (tertiary/aromatic N) is 6. The van der Waals surface area contributed by atoms with Crippen LogP contribution in [0.3, 0.4) is 0 Å². The van der Waals surface area contributed by atoms with E-state index in [1.54, 1.807) is 80.3 Å². The van der Waals surface area contributed by atoms with Crippen LogP contribution in [0.2, 0.25) is 0 Å². The number of fused-ring (bicyclic) bond motifs is 1. The Kier molecular flexibility index (Phi) is 15.3. The molecule has 0 spiro atoms. The van der Waals surface area contributed by atoms with Gasteiger partial charge in [0.05, 0.1) is 43.6 Å². The minimum absolute atomic E-state index is 0.115. The van der Waals surface area contributed by atoms with E-state index in [2.05, 4.69) is 16.9 Å². The Morgan fingerprint density at radius 1 is 0.927 bits per heavy atom. The van der Waals surface area contributed by atoms with Crippen molar-refractivity contribution in [2.45, 2.75) is 75.3 Å². The van der Waals surface area contributed by atoms with Crippen LogP contribution in [0.25, 0.3) is 33.5 Å². The number of benzene rings is 1. The molecule has 0 N–H and O–H groups in total. The highest BCUT2D eigenvalue weighted by Gasteiger charge is 2.24. The molecular weight excluding hydrogens is 745 g/mol. The van der Waals surface area contributed by atoms with Crippen molar-refractivity contribution < 1.29 is 36.9 Å². The van der Waals surface area contributed by atoms with Crippen molar-refractivity contribution in [2.75, 3.05) is 52.5 Å². The van der Waals surface area contributed by atoms with Crippen LogP contribution in [0.5, 0.6) is 0 Å². The highest BCUT2D eigenvalue weighted by atomic mass is 32.2. The molecule has 0 saturated carbocycles. The Labute approximate surface area is 327 Å². The predicted molar refractivity (Wildman–Crippen MR) is 210 cm³/mol. The van der Waals surface area contributed by atoms with Gasteiger partial charge in [-0.15, -0.1) is 0 Å². The van der Waals surface area contributed by atoms with Crippen LogP contribution in [0.1, 0.15) is 59.6 Å². The van der Waals surface area contributed by atoms with Crippen LogP contribution in [0.4, 0.5) is 0 Å². The largest absolute Gasteiger partial charge is 0.458 e. The third-order valence-corrected chi connectivity index (χ3v) is 10.4. The van der Waals surface area contributed by atoms with Crippen molar-refractivity contribution in [2.24, 2.45) is 0 Å². The van der Waals surface area contributed by atoms with Crippen LogP contribution < -0.4 is 0 Å². The number of unbranched alkanes of at least 4 members (excludes halogenated alkanes) is 3. The maximum atomic E-state index is 13.5. The molecule has 1 aromatic carbocycles. The second-order valence-corrected chi connectivity index (χ2v) is 16.2. The molecule has 5 rings (SSSR count). The van der Waals surface area contributed by atoms with Crippen LogP contribution in [-0.2, 0) is 38.5 Å². The summed E-state index contributed by atoms with van der Waals surface area (Å²) in [7, 11) is -3.87. The van der Waals surface area contributed by atoms with Crippen molar-refractivity contribution in [1.82, 2.24) is 28.7 Å². The first-order chi connectivity index (χ1) is 26.5. The monoisotopic (exact) mass is 794 g/mol. The maximum absolute atomic E-state index is 13.5. The van der Waals surface area contributed by atoms with Crippen molar-refractivity contribution in [3.05, 3.63) is 73.3 Å². The second kappa shape index (κ2) is 20.1. The van der Waals surface area contributed by atoms with Gasteiger partial charge in [-0.25, -0.2) is 36.8 Å². The lowest BCUT2D eigenvalue weighted by Crippen LogP contribution is -2.27. The Morgan fingerprint density at radius 3 is 2.47 bits per heavy atom. The summed E-state index contributed by atoms with van der Waals surface area (Å²) in [5.74, 6) is -0.448. The number of pyridine rings is 1. The van der Waals surface area contributed by atoms with E-state index in [9.17, 15) is 13.2 Å². The Bertz CT molecular complexity index is 2080. The zero-order valence-electron chi connectivity index (χ0n) is 32.0. The van der Waals surface area contributed by atoms with Crippen molar-refractivity contribution in [1.29, 1.82) is 0 Å². The summed E-state index contributed by atoms with van der Waals surface area (Å²) < 4.78 is 58.7. The summed E-state index contributed by atoms with van der Waals surface area (Å²) in [6.45, 7) is 9.23. The molecule has 4 aromatic heterocycles. The van der Waals surface area contributed by atoms with Gasteiger partial charge < -0.3 is 23.7 Å². The van der Waals surface area contributed by atoms with Gasteiger partial charge in [0.25, 0.3) is 10.0 Å². The number of thioether (sulfide) groups is 1. The number of esters is 1. The molecule has 0 saturated heterocycles. The number of ether oxygens (including phenoxy) is 5. The molecule has 14 nitrogen and oxygen atoms in total. The van der Waals surface area contributed by atoms with Gasteiger partial charge in [-0.2, -0.15) is 5.10 Å². The van der Waals surface area contributed by atoms with Gasteiger partial charge >= 0.3 is 5.97 Å². The van der Waals surface area contributed by atoms with E-state index < -0.39 is 27.8 Å². The second-order valence-electron chi connectivity index (χ2n) is 13.6. The number of carbonyl (C=O) groups is 1. The molecule has 5 aromatic rings. The third kappa shape index (κ3) is 11.9.